The minimum Gasteiger partial charge on any atom is -0.382 e. The van der Waals surface area contributed by atoms with Gasteiger partial charge in [-0.05, 0) is 28.1 Å². The summed E-state index contributed by atoms with van der Waals surface area (Å²) in [5.74, 6) is 0. The molecule has 2 nitrogen and oxygen atoms in total. The Morgan fingerprint density at radius 1 is 1.38 bits per heavy atom. The molecule has 0 saturated heterocycles. The van der Waals surface area contributed by atoms with Crippen LogP contribution in [0.2, 0.25) is 0 Å². The van der Waals surface area contributed by atoms with Crippen molar-refractivity contribution in [2.45, 2.75) is 11.9 Å². The molecule has 0 rings (SSSR count). The lowest BCUT2D eigenvalue weighted by atomic mass is 10.9. The van der Waals surface area contributed by atoms with Crippen LogP contribution in [0.3, 0.4) is 0 Å². The quantitative estimate of drug-likeness (QED) is 0.565. The maximum atomic E-state index is 7.97. The van der Waals surface area contributed by atoms with Crippen molar-refractivity contribution in [1.82, 2.24) is 4.90 Å². The summed E-state index contributed by atoms with van der Waals surface area (Å²) < 4.78 is 0. The monoisotopic (exact) mass is 183 g/mol. The van der Waals surface area contributed by atoms with Gasteiger partial charge in [-0.2, -0.15) is 0 Å². The molecular formula is C5H14BrNO. The molecule has 0 aromatic carbocycles. The second-order valence-electron chi connectivity index (χ2n) is 1.92. The molecule has 52 valence electrons. The lowest BCUT2D eigenvalue weighted by Gasteiger charge is -1.90. The van der Waals surface area contributed by atoms with Gasteiger partial charge in [0.2, 0.25) is 0 Å². The fourth-order valence-electron chi connectivity index (χ4n) is 0. The van der Waals surface area contributed by atoms with E-state index in [1.165, 1.54) is 0 Å². The van der Waals surface area contributed by atoms with Crippen molar-refractivity contribution < 1.29 is 5.11 Å². The summed E-state index contributed by atoms with van der Waals surface area (Å²) in [5, 5.41) is 7.62. The molecule has 0 amide bonds. The summed E-state index contributed by atoms with van der Waals surface area (Å²) in [6.45, 7) is 1.64. The van der Waals surface area contributed by atoms with Crippen molar-refractivity contribution in [3.8, 4) is 0 Å². The predicted octanol–water partition coefficient (Wildman–Crippen LogP) is 0.897. The van der Waals surface area contributed by atoms with E-state index < -0.39 is 0 Å². The first kappa shape index (κ1) is 11.2. The fraction of sp³-hybridized carbons (Fsp3) is 1.00. The van der Waals surface area contributed by atoms with Crippen molar-refractivity contribution in [1.29, 1.82) is 0 Å². The van der Waals surface area contributed by atoms with Crippen LogP contribution < -0.4 is 0 Å². The summed E-state index contributed by atoms with van der Waals surface area (Å²) in [6.07, 6.45) is 0. The zero-order chi connectivity index (χ0) is 7.15. The largest absolute Gasteiger partial charge is 0.382 e. The van der Waals surface area contributed by atoms with Gasteiger partial charge in [-0.25, -0.2) is 0 Å². The number of halogens is 1. The molecule has 0 radical (unpaired) electrons. The Hall–Kier alpha value is 0.400. The molecule has 0 bridgehead atoms. The zero-order valence-electron chi connectivity index (χ0n) is 5.85. The lowest BCUT2D eigenvalue weighted by Crippen LogP contribution is -1.99. The molecule has 0 aromatic rings. The van der Waals surface area contributed by atoms with E-state index >= 15 is 0 Å². The van der Waals surface area contributed by atoms with E-state index in [-0.39, 0.29) is 5.01 Å². The van der Waals surface area contributed by atoms with Gasteiger partial charge in [-0.1, -0.05) is 15.9 Å². The maximum absolute atomic E-state index is 7.97. The molecule has 1 unspecified atom stereocenters. The van der Waals surface area contributed by atoms with Gasteiger partial charge >= 0.3 is 0 Å². The van der Waals surface area contributed by atoms with Gasteiger partial charge in [0.1, 0.15) is 5.01 Å². The molecule has 0 saturated carbocycles. The second kappa shape index (κ2) is 7.40. The summed E-state index contributed by atoms with van der Waals surface area (Å²) in [6, 6.07) is 0. The van der Waals surface area contributed by atoms with Gasteiger partial charge in [0, 0.05) is 0 Å². The number of hydrogen-bond donors (Lipinski definition) is 1. The lowest BCUT2D eigenvalue weighted by molar-refractivity contribution is 0.290. The highest BCUT2D eigenvalue weighted by molar-refractivity contribution is 9.09. The molecular weight excluding hydrogens is 170 g/mol. The molecule has 0 fully saturated rings. The van der Waals surface area contributed by atoms with Crippen LogP contribution in [0.1, 0.15) is 6.92 Å². The van der Waals surface area contributed by atoms with Crippen LogP contribution in [0.5, 0.6) is 0 Å². The Bertz CT molecular complexity index is 27.9. The highest BCUT2D eigenvalue weighted by Crippen LogP contribution is 1.85. The first-order valence-corrected chi connectivity index (χ1v) is 3.31. The van der Waals surface area contributed by atoms with Crippen molar-refractivity contribution in [2.24, 2.45) is 0 Å². The average Bonchev–Trinajstić information content (AvgIpc) is 1.25. The third-order valence-corrected chi connectivity index (χ3v) is 0. The van der Waals surface area contributed by atoms with E-state index in [4.69, 9.17) is 5.11 Å². The Morgan fingerprint density at radius 2 is 1.38 bits per heavy atom. The fourth-order valence-corrected chi connectivity index (χ4v) is 0. The Kier molecular flexibility index (Phi) is 10.4. The van der Waals surface area contributed by atoms with Crippen LogP contribution in [0.15, 0.2) is 0 Å². The molecule has 0 aliphatic carbocycles. The Morgan fingerprint density at radius 3 is 1.38 bits per heavy atom. The number of hydrogen-bond acceptors (Lipinski definition) is 2. The summed E-state index contributed by atoms with van der Waals surface area (Å²) in [7, 11) is 6.00. The second-order valence-corrected chi connectivity index (χ2v) is 3.24. The van der Waals surface area contributed by atoms with Gasteiger partial charge in [0.25, 0.3) is 0 Å². The topological polar surface area (TPSA) is 23.5 Å². The maximum Gasteiger partial charge on any atom is 0.106 e. The zero-order valence-corrected chi connectivity index (χ0v) is 7.44. The molecule has 1 atom stereocenters. The summed E-state index contributed by atoms with van der Waals surface area (Å²) >= 11 is 2.83. The smallest absolute Gasteiger partial charge is 0.106 e. The molecule has 8 heavy (non-hydrogen) atoms. The minimum absolute atomic E-state index is 0.354. The molecule has 3 heteroatoms. The van der Waals surface area contributed by atoms with Gasteiger partial charge in [-0.15, -0.1) is 0 Å². The Balaban J connectivity index is 0. The van der Waals surface area contributed by atoms with Crippen LogP contribution >= 0.6 is 15.9 Å². The van der Waals surface area contributed by atoms with Crippen LogP contribution in [0.4, 0.5) is 0 Å². The normalized spacial score (nSPS) is 12.4. The van der Waals surface area contributed by atoms with Gasteiger partial charge in [0.05, 0.1) is 0 Å². The number of alkyl halides is 1. The molecule has 0 aliphatic heterocycles. The number of nitrogens with zero attached hydrogens (tertiary/aromatic N) is 1. The summed E-state index contributed by atoms with van der Waals surface area (Å²) in [4.78, 5) is 2.00. The predicted molar refractivity (Wildman–Crippen MR) is 40.2 cm³/mol. The molecule has 0 aliphatic rings. The number of aliphatic hydroxyl groups is 1. The summed E-state index contributed by atoms with van der Waals surface area (Å²) in [5.41, 5.74) is 0. The first-order chi connectivity index (χ1) is 3.46. The third kappa shape index (κ3) is 1170. The molecule has 0 aromatic heterocycles. The SMILES string of the molecule is CC(O)Br.CN(C)C. The molecule has 0 spiro atoms. The van der Waals surface area contributed by atoms with Crippen molar-refractivity contribution in [2.75, 3.05) is 21.1 Å². The highest BCUT2D eigenvalue weighted by atomic mass is 79.9. The third-order valence-electron chi connectivity index (χ3n) is 0. The molecule has 1 N–H and O–H groups in total. The average molecular weight is 184 g/mol. The minimum atomic E-state index is -0.354. The standard InChI is InChI=1S/C3H9N.C2H5BrO/c1-4(2)3;1-2(3)4/h1-3H3;2,4H,1H3. The van der Waals surface area contributed by atoms with E-state index in [0.29, 0.717) is 0 Å². The van der Waals surface area contributed by atoms with Crippen LogP contribution in [0, 0.1) is 0 Å². The Labute approximate surface area is 59.6 Å². The van der Waals surface area contributed by atoms with Crippen molar-refractivity contribution >= 4 is 15.9 Å². The van der Waals surface area contributed by atoms with E-state index in [0.717, 1.165) is 0 Å². The highest BCUT2D eigenvalue weighted by Gasteiger charge is 1.72. The van der Waals surface area contributed by atoms with Gasteiger partial charge < -0.3 is 10.0 Å². The van der Waals surface area contributed by atoms with Gasteiger partial charge in [-0.3, -0.25) is 0 Å². The van der Waals surface area contributed by atoms with E-state index in [1.807, 2.05) is 26.0 Å². The van der Waals surface area contributed by atoms with E-state index in [2.05, 4.69) is 15.9 Å². The van der Waals surface area contributed by atoms with E-state index in [1.54, 1.807) is 6.92 Å². The number of aliphatic hydroxyl groups excluding tert-OH is 1. The van der Waals surface area contributed by atoms with Crippen LogP contribution in [0.25, 0.3) is 0 Å². The van der Waals surface area contributed by atoms with Crippen LogP contribution in [-0.2, 0) is 0 Å². The van der Waals surface area contributed by atoms with E-state index in [9.17, 15) is 0 Å². The van der Waals surface area contributed by atoms with Gasteiger partial charge in [0.15, 0.2) is 0 Å². The van der Waals surface area contributed by atoms with Crippen molar-refractivity contribution in [3.05, 3.63) is 0 Å². The molecule has 0 heterocycles. The van der Waals surface area contributed by atoms with Crippen molar-refractivity contribution in [3.63, 3.8) is 0 Å². The first-order valence-electron chi connectivity index (χ1n) is 2.40. The number of rotatable bonds is 0. The van der Waals surface area contributed by atoms with Crippen LogP contribution in [-0.4, -0.2) is 36.2 Å².